The van der Waals surface area contributed by atoms with E-state index in [0.717, 1.165) is 11.0 Å². The highest BCUT2D eigenvalue weighted by Crippen LogP contribution is 2.39. The van der Waals surface area contributed by atoms with Crippen molar-refractivity contribution in [2.75, 3.05) is 4.90 Å². The Morgan fingerprint density at radius 3 is 2.26 bits per heavy atom. The summed E-state index contributed by atoms with van der Waals surface area (Å²) < 4.78 is 38.9. The number of nitrogens with two attached hydrogens (primary N) is 1. The molecule has 4 nitrogen and oxygen atoms in total. The molecule has 122 valence electrons. The van der Waals surface area contributed by atoms with Gasteiger partial charge in [0.2, 0.25) is 0 Å². The predicted octanol–water partition coefficient (Wildman–Crippen LogP) is 4.93. The van der Waals surface area contributed by atoms with E-state index in [0.29, 0.717) is 6.07 Å². The predicted molar refractivity (Wildman–Crippen MR) is 82.2 cm³/mol. The summed E-state index contributed by atoms with van der Waals surface area (Å²) in [6.45, 7) is 1.37. The van der Waals surface area contributed by atoms with E-state index >= 15 is 0 Å². The quantitative estimate of drug-likeness (QED) is 0.821. The lowest BCUT2D eigenvalue weighted by molar-refractivity contribution is -0.137. The van der Waals surface area contributed by atoms with Crippen LogP contribution in [0.5, 0.6) is 0 Å². The summed E-state index contributed by atoms with van der Waals surface area (Å²) in [6, 6.07) is 4.89. The molecule has 2 rings (SSSR count). The maximum Gasteiger partial charge on any atom is 0.416 e. The number of primary amides is 1. The summed E-state index contributed by atoms with van der Waals surface area (Å²) in [7, 11) is 0. The number of carbonyl (C=O) groups excluding carboxylic acids is 1. The van der Waals surface area contributed by atoms with Crippen molar-refractivity contribution < 1.29 is 18.0 Å². The van der Waals surface area contributed by atoms with Crippen LogP contribution in [0.25, 0.3) is 0 Å². The molecule has 0 saturated carbocycles. The minimum atomic E-state index is -4.60. The molecule has 0 saturated heterocycles. The number of aryl methyl sites for hydroxylation is 1. The van der Waals surface area contributed by atoms with E-state index in [9.17, 15) is 18.0 Å². The van der Waals surface area contributed by atoms with Crippen molar-refractivity contribution in [1.29, 1.82) is 0 Å². The lowest BCUT2D eigenvalue weighted by Crippen LogP contribution is -2.33. The summed E-state index contributed by atoms with van der Waals surface area (Å²) in [5.74, 6) is -0.320. The molecule has 1 aromatic carbocycles. The van der Waals surface area contributed by atoms with Crippen LogP contribution in [-0.2, 0) is 6.18 Å². The molecular weight excluding hydrogens is 354 g/mol. The lowest BCUT2D eigenvalue weighted by Gasteiger charge is -2.23. The number of hydrogen-bond acceptors (Lipinski definition) is 2. The van der Waals surface area contributed by atoms with Gasteiger partial charge in [-0.05, 0) is 31.2 Å². The van der Waals surface area contributed by atoms with Crippen molar-refractivity contribution in [2.24, 2.45) is 5.73 Å². The van der Waals surface area contributed by atoms with Crippen molar-refractivity contribution in [3.05, 3.63) is 51.6 Å². The highest BCUT2D eigenvalue weighted by atomic mass is 35.5. The molecular formula is C14H10Cl2F3N3O. The van der Waals surface area contributed by atoms with Gasteiger partial charge >= 0.3 is 12.2 Å². The number of amides is 2. The molecule has 0 aliphatic rings. The number of halogens is 5. The Morgan fingerprint density at radius 1 is 1.22 bits per heavy atom. The zero-order valence-corrected chi connectivity index (χ0v) is 13.2. The van der Waals surface area contributed by atoms with Gasteiger partial charge in [-0.1, -0.05) is 29.3 Å². The lowest BCUT2D eigenvalue weighted by atomic mass is 10.2. The van der Waals surface area contributed by atoms with E-state index in [1.165, 1.54) is 25.1 Å². The molecule has 2 N–H and O–H groups in total. The van der Waals surface area contributed by atoms with E-state index in [1.54, 1.807) is 0 Å². The van der Waals surface area contributed by atoms with Crippen molar-refractivity contribution in [3.8, 4) is 0 Å². The van der Waals surface area contributed by atoms with Crippen LogP contribution in [0.3, 0.4) is 0 Å². The SMILES string of the molecule is Cc1cc(C(F)(F)F)cc(N(C(N)=O)c2c(Cl)cccc2Cl)n1. The van der Waals surface area contributed by atoms with Crippen LogP contribution < -0.4 is 10.6 Å². The molecule has 0 spiro atoms. The van der Waals surface area contributed by atoms with Crippen LogP contribution in [0, 0.1) is 6.92 Å². The number of nitrogens with zero attached hydrogens (tertiary/aromatic N) is 2. The van der Waals surface area contributed by atoms with Gasteiger partial charge in [-0.25, -0.2) is 14.7 Å². The van der Waals surface area contributed by atoms with Gasteiger partial charge in [-0.3, -0.25) is 0 Å². The molecule has 2 aromatic rings. The molecule has 0 aliphatic carbocycles. The molecule has 0 radical (unpaired) electrons. The van der Waals surface area contributed by atoms with E-state index in [4.69, 9.17) is 28.9 Å². The monoisotopic (exact) mass is 363 g/mol. The highest BCUT2D eigenvalue weighted by molar-refractivity contribution is 6.40. The summed E-state index contributed by atoms with van der Waals surface area (Å²) in [4.78, 5) is 16.5. The number of carbonyl (C=O) groups is 1. The topological polar surface area (TPSA) is 59.2 Å². The standard InChI is InChI=1S/C14H10Cl2F3N3O/c1-7-5-8(14(17,18)19)6-11(21-7)22(13(20)23)12-9(15)3-2-4-10(12)16/h2-6H,1H3,(H2,20,23). The van der Waals surface area contributed by atoms with Crippen LogP contribution in [0.2, 0.25) is 10.0 Å². The largest absolute Gasteiger partial charge is 0.416 e. The third-order valence-electron chi connectivity index (χ3n) is 2.88. The van der Waals surface area contributed by atoms with Crippen molar-refractivity contribution in [1.82, 2.24) is 4.98 Å². The Labute approximate surface area is 139 Å². The van der Waals surface area contributed by atoms with Gasteiger partial charge in [-0.2, -0.15) is 13.2 Å². The number of benzene rings is 1. The number of urea groups is 1. The average molecular weight is 364 g/mol. The number of pyridine rings is 1. The van der Waals surface area contributed by atoms with Gasteiger partial charge in [0, 0.05) is 5.69 Å². The van der Waals surface area contributed by atoms with E-state index < -0.39 is 17.8 Å². The van der Waals surface area contributed by atoms with Crippen LogP contribution in [0.4, 0.5) is 29.5 Å². The number of para-hydroxylation sites is 1. The fourth-order valence-corrected chi connectivity index (χ4v) is 2.54. The molecule has 0 bridgehead atoms. The maximum atomic E-state index is 13.0. The second-order valence-corrected chi connectivity index (χ2v) is 5.41. The van der Waals surface area contributed by atoms with Gasteiger partial charge < -0.3 is 5.73 Å². The van der Waals surface area contributed by atoms with E-state index in [-0.39, 0.29) is 27.2 Å². The summed E-state index contributed by atoms with van der Waals surface area (Å²) in [5.41, 5.74) is 4.36. The minimum absolute atomic E-state index is 0.0328. The van der Waals surface area contributed by atoms with Crippen LogP contribution in [0.15, 0.2) is 30.3 Å². The first kappa shape index (κ1) is 17.4. The maximum absolute atomic E-state index is 13.0. The Morgan fingerprint density at radius 2 is 1.78 bits per heavy atom. The average Bonchev–Trinajstić information content (AvgIpc) is 2.40. The van der Waals surface area contributed by atoms with Gasteiger partial charge in [-0.15, -0.1) is 0 Å². The third kappa shape index (κ3) is 3.68. The zero-order chi connectivity index (χ0) is 17.4. The van der Waals surface area contributed by atoms with Crippen molar-refractivity contribution in [3.63, 3.8) is 0 Å². The molecule has 0 unspecified atom stereocenters. The smallest absolute Gasteiger partial charge is 0.351 e. The Hall–Kier alpha value is -1.99. The van der Waals surface area contributed by atoms with Crippen LogP contribution >= 0.6 is 23.2 Å². The Balaban J connectivity index is 2.69. The third-order valence-corrected chi connectivity index (χ3v) is 3.49. The van der Waals surface area contributed by atoms with Crippen molar-refractivity contribution in [2.45, 2.75) is 13.1 Å². The normalized spacial score (nSPS) is 11.4. The molecule has 2 amide bonds. The fraction of sp³-hybridized carbons (Fsp3) is 0.143. The molecule has 9 heteroatoms. The van der Waals surface area contributed by atoms with Crippen molar-refractivity contribution >= 4 is 40.7 Å². The van der Waals surface area contributed by atoms with Crippen LogP contribution in [-0.4, -0.2) is 11.0 Å². The number of aromatic nitrogens is 1. The first-order valence-electron chi connectivity index (χ1n) is 6.20. The molecule has 1 aromatic heterocycles. The Kier molecular flexibility index (Phi) is 4.72. The molecule has 0 fully saturated rings. The van der Waals surface area contributed by atoms with Gasteiger partial charge in [0.15, 0.2) is 0 Å². The highest BCUT2D eigenvalue weighted by Gasteiger charge is 2.33. The van der Waals surface area contributed by atoms with Gasteiger partial charge in [0.25, 0.3) is 0 Å². The number of anilines is 2. The molecule has 0 aliphatic heterocycles. The summed E-state index contributed by atoms with van der Waals surface area (Å²) in [5, 5.41) is 0.0985. The summed E-state index contributed by atoms with van der Waals surface area (Å²) >= 11 is 12.0. The Bertz CT molecular complexity index is 745. The van der Waals surface area contributed by atoms with E-state index in [1.807, 2.05) is 0 Å². The zero-order valence-electron chi connectivity index (χ0n) is 11.7. The number of alkyl halides is 3. The second kappa shape index (κ2) is 6.25. The number of hydrogen-bond donors (Lipinski definition) is 1. The van der Waals surface area contributed by atoms with Gasteiger partial charge in [0.05, 0.1) is 21.3 Å². The van der Waals surface area contributed by atoms with Gasteiger partial charge in [0.1, 0.15) is 5.82 Å². The molecule has 0 atom stereocenters. The molecule has 23 heavy (non-hydrogen) atoms. The minimum Gasteiger partial charge on any atom is -0.351 e. The summed E-state index contributed by atoms with van der Waals surface area (Å²) in [6.07, 6.45) is -4.60. The number of rotatable bonds is 2. The first-order valence-corrected chi connectivity index (χ1v) is 6.96. The molecule has 1 heterocycles. The first-order chi connectivity index (χ1) is 10.6. The van der Waals surface area contributed by atoms with Crippen LogP contribution in [0.1, 0.15) is 11.3 Å². The second-order valence-electron chi connectivity index (χ2n) is 4.60. The van der Waals surface area contributed by atoms with E-state index in [2.05, 4.69) is 4.98 Å². The fourth-order valence-electron chi connectivity index (χ4n) is 1.97.